The van der Waals surface area contributed by atoms with E-state index in [0.717, 1.165) is 5.56 Å². The first-order valence-corrected chi connectivity index (χ1v) is 12.4. The van der Waals surface area contributed by atoms with Crippen molar-refractivity contribution in [2.24, 2.45) is 5.92 Å². The molecular formula is C23H29N3O5S. The van der Waals surface area contributed by atoms with Crippen molar-refractivity contribution >= 4 is 15.9 Å². The Bertz CT molecular complexity index is 1040. The summed E-state index contributed by atoms with van der Waals surface area (Å²) in [5.74, 6) is 0.891. The van der Waals surface area contributed by atoms with Gasteiger partial charge in [-0.3, -0.25) is 4.79 Å². The van der Waals surface area contributed by atoms with E-state index in [1.54, 1.807) is 24.4 Å². The molecule has 1 saturated heterocycles. The van der Waals surface area contributed by atoms with Gasteiger partial charge in [-0.05, 0) is 56.4 Å². The van der Waals surface area contributed by atoms with Crippen molar-refractivity contribution in [3.05, 3.63) is 53.7 Å². The van der Waals surface area contributed by atoms with Crippen molar-refractivity contribution in [3.8, 4) is 5.88 Å². The highest BCUT2D eigenvalue weighted by molar-refractivity contribution is 7.89. The summed E-state index contributed by atoms with van der Waals surface area (Å²) < 4.78 is 38.8. The van der Waals surface area contributed by atoms with Crippen LogP contribution in [0.1, 0.15) is 42.6 Å². The van der Waals surface area contributed by atoms with Crippen LogP contribution in [0.2, 0.25) is 0 Å². The number of nitrogens with one attached hydrogen (secondary N) is 1. The first kappa shape index (κ1) is 22.7. The van der Waals surface area contributed by atoms with Crippen LogP contribution in [0.15, 0.2) is 47.5 Å². The Hall–Kier alpha value is -2.49. The normalized spacial score (nSPS) is 21.8. The number of hydrogen-bond donors (Lipinski definition) is 1. The number of hydrogen-bond acceptors (Lipinski definition) is 6. The fourth-order valence-corrected chi connectivity index (χ4v) is 5.28. The molecule has 4 rings (SSSR count). The summed E-state index contributed by atoms with van der Waals surface area (Å²) in [6.07, 6.45) is 3.75. The van der Waals surface area contributed by atoms with E-state index in [1.165, 1.54) is 29.3 Å². The van der Waals surface area contributed by atoms with Gasteiger partial charge in [-0.15, -0.1) is 0 Å². The number of rotatable bonds is 8. The second kappa shape index (κ2) is 9.56. The summed E-state index contributed by atoms with van der Waals surface area (Å²) in [6, 6.07) is 9.77. The maximum absolute atomic E-state index is 13.1. The predicted octanol–water partition coefficient (Wildman–Crippen LogP) is 2.60. The second-order valence-corrected chi connectivity index (χ2v) is 10.5. The third kappa shape index (κ3) is 5.65. The lowest BCUT2D eigenvalue weighted by Crippen LogP contribution is -2.48. The average molecular weight is 460 g/mol. The minimum Gasteiger partial charge on any atom is -0.477 e. The highest BCUT2D eigenvalue weighted by Crippen LogP contribution is 2.29. The van der Waals surface area contributed by atoms with Crippen LogP contribution in [0.3, 0.4) is 0 Å². The Labute approximate surface area is 189 Å². The Morgan fingerprint density at radius 1 is 1.19 bits per heavy atom. The summed E-state index contributed by atoms with van der Waals surface area (Å²) in [6.45, 7) is 5.26. The van der Waals surface area contributed by atoms with Crippen LogP contribution >= 0.6 is 0 Å². The van der Waals surface area contributed by atoms with E-state index in [2.05, 4.69) is 10.3 Å². The van der Waals surface area contributed by atoms with Crippen LogP contribution in [0.4, 0.5) is 0 Å². The van der Waals surface area contributed by atoms with Gasteiger partial charge in [-0.25, -0.2) is 13.4 Å². The molecular weight excluding hydrogens is 430 g/mol. The van der Waals surface area contributed by atoms with E-state index in [0.29, 0.717) is 18.4 Å². The van der Waals surface area contributed by atoms with Crippen molar-refractivity contribution in [1.29, 1.82) is 0 Å². The number of pyridine rings is 1. The van der Waals surface area contributed by atoms with E-state index in [9.17, 15) is 13.2 Å². The largest absolute Gasteiger partial charge is 0.477 e. The molecule has 1 N–H and O–H groups in total. The maximum atomic E-state index is 13.1. The molecule has 32 heavy (non-hydrogen) atoms. The molecule has 8 nitrogen and oxygen atoms in total. The molecule has 2 fully saturated rings. The van der Waals surface area contributed by atoms with Gasteiger partial charge in [0.25, 0.3) is 5.91 Å². The highest BCUT2D eigenvalue weighted by atomic mass is 32.2. The highest BCUT2D eigenvalue weighted by Gasteiger charge is 2.32. The second-order valence-electron chi connectivity index (χ2n) is 8.55. The lowest BCUT2D eigenvalue weighted by atomic mass is 10.2. The van der Waals surface area contributed by atoms with Crippen LogP contribution in [0, 0.1) is 5.92 Å². The molecule has 1 amide bonds. The number of aromatic nitrogens is 1. The van der Waals surface area contributed by atoms with Crippen LogP contribution in [0.5, 0.6) is 5.88 Å². The van der Waals surface area contributed by atoms with E-state index < -0.39 is 10.0 Å². The number of amides is 1. The topological polar surface area (TPSA) is 97.8 Å². The number of morpholine rings is 1. The van der Waals surface area contributed by atoms with Gasteiger partial charge in [0.05, 0.1) is 23.7 Å². The van der Waals surface area contributed by atoms with Gasteiger partial charge in [0.2, 0.25) is 15.9 Å². The maximum Gasteiger partial charge on any atom is 0.251 e. The van der Waals surface area contributed by atoms with Gasteiger partial charge in [-0.1, -0.05) is 12.1 Å². The van der Waals surface area contributed by atoms with Gasteiger partial charge < -0.3 is 14.8 Å². The number of carbonyl (C=O) groups excluding carboxylic acids is 1. The molecule has 2 unspecified atom stereocenters. The van der Waals surface area contributed by atoms with Crippen LogP contribution in [-0.2, 0) is 21.3 Å². The molecule has 2 heterocycles. The van der Waals surface area contributed by atoms with Crippen LogP contribution in [0.25, 0.3) is 0 Å². The Kier molecular flexibility index (Phi) is 6.78. The van der Waals surface area contributed by atoms with Crippen molar-refractivity contribution in [2.45, 2.75) is 50.3 Å². The number of carbonyl (C=O) groups is 1. The Morgan fingerprint density at radius 2 is 1.94 bits per heavy atom. The van der Waals surface area contributed by atoms with Gasteiger partial charge in [0.15, 0.2) is 0 Å². The fourth-order valence-electron chi connectivity index (χ4n) is 3.65. The van der Waals surface area contributed by atoms with Gasteiger partial charge in [0.1, 0.15) is 0 Å². The molecule has 1 aromatic carbocycles. The minimum atomic E-state index is -3.71. The molecule has 1 aliphatic carbocycles. The molecule has 2 atom stereocenters. The Balaban J connectivity index is 1.37. The zero-order valence-corrected chi connectivity index (χ0v) is 19.2. The van der Waals surface area contributed by atoms with E-state index in [1.807, 2.05) is 19.9 Å². The lowest BCUT2D eigenvalue weighted by molar-refractivity contribution is -0.0440. The first-order valence-electron chi connectivity index (χ1n) is 10.9. The number of benzene rings is 1. The summed E-state index contributed by atoms with van der Waals surface area (Å²) in [7, 11) is -3.71. The fraction of sp³-hybridized carbons (Fsp3) is 0.478. The number of sulfonamides is 1. The van der Waals surface area contributed by atoms with Crippen molar-refractivity contribution in [3.63, 3.8) is 0 Å². The molecule has 0 spiro atoms. The monoisotopic (exact) mass is 459 g/mol. The molecule has 1 aliphatic heterocycles. The first-order chi connectivity index (χ1) is 15.3. The SMILES string of the molecule is CC1CN(S(=O)(=O)c2cccc(C(=O)NCc3ccc(OCC4CC4)nc3)c2)CC(C)O1. The summed E-state index contributed by atoms with van der Waals surface area (Å²) >= 11 is 0. The average Bonchev–Trinajstić information content (AvgIpc) is 3.61. The van der Waals surface area contributed by atoms with E-state index in [-0.39, 0.29) is 48.2 Å². The molecule has 0 radical (unpaired) electrons. The number of nitrogens with zero attached hydrogens (tertiary/aromatic N) is 2. The Morgan fingerprint density at radius 3 is 2.59 bits per heavy atom. The molecule has 2 aromatic rings. The van der Waals surface area contributed by atoms with Crippen LogP contribution < -0.4 is 10.1 Å². The standard InChI is InChI=1S/C23H29N3O5S/c1-16-13-26(14-17(2)31-16)32(28,29)21-5-3-4-20(10-21)23(27)25-12-19-8-9-22(24-11-19)30-15-18-6-7-18/h3-5,8-11,16-18H,6-7,12-15H2,1-2H3,(H,25,27). The molecule has 0 bridgehead atoms. The molecule has 2 aliphatic rings. The summed E-state index contributed by atoms with van der Waals surface area (Å²) in [5.41, 5.74) is 1.12. The smallest absolute Gasteiger partial charge is 0.251 e. The van der Waals surface area contributed by atoms with Crippen molar-refractivity contribution in [1.82, 2.24) is 14.6 Å². The van der Waals surface area contributed by atoms with E-state index in [4.69, 9.17) is 9.47 Å². The molecule has 9 heteroatoms. The van der Waals surface area contributed by atoms with Gasteiger partial charge in [-0.2, -0.15) is 4.31 Å². The minimum absolute atomic E-state index is 0.102. The third-order valence-corrected chi connectivity index (χ3v) is 7.36. The predicted molar refractivity (Wildman–Crippen MR) is 119 cm³/mol. The lowest BCUT2D eigenvalue weighted by Gasteiger charge is -2.34. The van der Waals surface area contributed by atoms with Crippen LogP contribution in [-0.4, -0.2) is 55.5 Å². The number of ether oxygens (including phenoxy) is 2. The zero-order chi connectivity index (χ0) is 22.7. The van der Waals surface area contributed by atoms with Gasteiger partial charge in [0, 0.05) is 37.5 Å². The summed E-state index contributed by atoms with van der Waals surface area (Å²) in [4.78, 5) is 17.0. The van der Waals surface area contributed by atoms with E-state index >= 15 is 0 Å². The molecule has 1 saturated carbocycles. The van der Waals surface area contributed by atoms with Gasteiger partial charge >= 0.3 is 0 Å². The quantitative estimate of drug-likeness (QED) is 0.652. The van der Waals surface area contributed by atoms with Crippen molar-refractivity contribution < 1.29 is 22.7 Å². The molecule has 1 aromatic heterocycles. The zero-order valence-electron chi connectivity index (χ0n) is 18.4. The summed E-state index contributed by atoms with van der Waals surface area (Å²) in [5, 5.41) is 2.82. The van der Waals surface area contributed by atoms with Crippen molar-refractivity contribution in [2.75, 3.05) is 19.7 Å². The molecule has 172 valence electrons. The third-order valence-electron chi connectivity index (χ3n) is 5.53.